The molecule has 21 heavy (non-hydrogen) atoms. The number of carboxylic acids is 1. The van der Waals surface area contributed by atoms with E-state index in [0.29, 0.717) is 10.9 Å². The predicted octanol–water partition coefficient (Wildman–Crippen LogP) is 2.68. The highest BCUT2D eigenvalue weighted by molar-refractivity contribution is 6.31. The van der Waals surface area contributed by atoms with Gasteiger partial charge in [-0.2, -0.15) is 0 Å². The zero-order valence-corrected chi connectivity index (χ0v) is 12.6. The number of likely N-dealkylation sites (tertiary alicyclic amines) is 1. The maximum absolute atomic E-state index is 12.1. The van der Waals surface area contributed by atoms with Crippen molar-refractivity contribution in [3.05, 3.63) is 28.8 Å². The first-order valence-corrected chi connectivity index (χ1v) is 7.28. The van der Waals surface area contributed by atoms with Gasteiger partial charge in [0.25, 0.3) is 5.91 Å². The molecule has 1 aliphatic heterocycles. The quantitative estimate of drug-likeness (QED) is 0.928. The summed E-state index contributed by atoms with van der Waals surface area (Å²) in [5.41, 5.74) is -0.0395. The number of hydrogen-bond donors (Lipinski definition) is 1. The van der Waals surface area contributed by atoms with Gasteiger partial charge in [0.05, 0.1) is 0 Å². The molecule has 0 aliphatic carbocycles. The average Bonchev–Trinajstić information content (AvgIpc) is 2.45. The number of carbonyl (C=O) groups is 2. The van der Waals surface area contributed by atoms with Crippen molar-refractivity contribution in [2.45, 2.75) is 19.8 Å². The van der Waals surface area contributed by atoms with Crippen molar-refractivity contribution in [3.8, 4) is 5.75 Å². The monoisotopic (exact) mass is 311 g/mol. The first-order valence-electron chi connectivity index (χ1n) is 6.91. The zero-order chi connectivity index (χ0) is 15.4. The third-order valence-electron chi connectivity index (χ3n) is 3.53. The van der Waals surface area contributed by atoms with Crippen LogP contribution in [0.1, 0.15) is 30.1 Å². The van der Waals surface area contributed by atoms with E-state index in [4.69, 9.17) is 21.4 Å². The minimum absolute atomic E-state index is 0.0395. The molecule has 0 spiro atoms. The first kappa shape index (κ1) is 15.6. The van der Waals surface area contributed by atoms with Crippen LogP contribution in [0.5, 0.6) is 5.75 Å². The molecular formula is C15H18ClNO4. The average molecular weight is 312 g/mol. The molecule has 1 atom stereocenters. The normalized spacial score (nSPS) is 18.4. The van der Waals surface area contributed by atoms with Gasteiger partial charge in [0.2, 0.25) is 0 Å². The SMILES string of the molecule is C[C@H]1CCCN(C(=O)COc2ccc(Cl)cc2C(=O)O)C1. The summed E-state index contributed by atoms with van der Waals surface area (Å²) >= 11 is 5.77. The number of carboxylic acid groups (broad SMARTS) is 1. The number of carbonyl (C=O) groups excluding carboxylic acids is 1. The van der Waals surface area contributed by atoms with E-state index in [2.05, 4.69) is 6.92 Å². The van der Waals surface area contributed by atoms with Crippen LogP contribution in [0.4, 0.5) is 0 Å². The molecular weight excluding hydrogens is 294 g/mol. The van der Waals surface area contributed by atoms with E-state index in [1.807, 2.05) is 0 Å². The summed E-state index contributed by atoms with van der Waals surface area (Å²) in [6, 6.07) is 4.32. The summed E-state index contributed by atoms with van der Waals surface area (Å²) in [5.74, 6) is -0.600. The van der Waals surface area contributed by atoms with Crippen molar-refractivity contribution in [2.24, 2.45) is 5.92 Å². The van der Waals surface area contributed by atoms with Gasteiger partial charge < -0.3 is 14.7 Å². The van der Waals surface area contributed by atoms with Gasteiger partial charge in [-0.05, 0) is 37.0 Å². The highest BCUT2D eigenvalue weighted by Gasteiger charge is 2.22. The van der Waals surface area contributed by atoms with Crippen molar-refractivity contribution in [1.82, 2.24) is 4.90 Å². The van der Waals surface area contributed by atoms with E-state index in [-0.39, 0.29) is 23.8 Å². The Morgan fingerprint density at radius 2 is 2.24 bits per heavy atom. The molecule has 1 aliphatic rings. The lowest BCUT2D eigenvalue weighted by Gasteiger charge is -2.30. The largest absolute Gasteiger partial charge is 0.483 e. The summed E-state index contributed by atoms with van der Waals surface area (Å²) in [4.78, 5) is 25.0. The Balaban J connectivity index is 1.99. The van der Waals surface area contributed by atoms with Gasteiger partial charge >= 0.3 is 5.97 Å². The van der Waals surface area contributed by atoms with Crippen LogP contribution in [0, 0.1) is 5.92 Å². The minimum atomic E-state index is -1.13. The Morgan fingerprint density at radius 3 is 2.90 bits per heavy atom. The Labute approximate surface area is 128 Å². The van der Waals surface area contributed by atoms with Crippen molar-refractivity contribution in [1.29, 1.82) is 0 Å². The third-order valence-corrected chi connectivity index (χ3v) is 3.77. The summed E-state index contributed by atoms with van der Waals surface area (Å²) in [6.45, 7) is 3.42. The topological polar surface area (TPSA) is 66.8 Å². The number of rotatable bonds is 4. The molecule has 1 amide bonds. The molecule has 0 saturated carbocycles. The number of ether oxygens (including phenoxy) is 1. The van der Waals surface area contributed by atoms with E-state index >= 15 is 0 Å². The number of hydrogen-bond acceptors (Lipinski definition) is 3. The fourth-order valence-corrected chi connectivity index (χ4v) is 2.61. The second-order valence-electron chi connectivity index (χ2n) is 5.32. The Morgan fingerprint density at radius 1 is 1.48 bits per heavy atom. The Hall–Kier alpha value is -1.75. The van der Waals surface area contributed by atoms with Gasteiger partial charge in [-0.25, -0.2) is 4.79 Å². The molecule has 1 fully saturated rings. The fraction of sp³-hybridized carbons (Fsp3) is 0.467. The fourth-order valence-electron chi connectivity index (χ4n) is 2.44. The van der Waals surface area contributed by atoms with E-state index in [9.17, 15) is 9.59 Å². The van der Waals surface area contributed by atoms with Crippen molar-refractivity contribution in [3.63, 3.8) is 0 Å². The summed E-state index contributed by atoms with van der Waals surface area (Å²) in [5, 5.41) is 9.42. The smallest absolute Gasteiger partial charge is 0.339 e. The van der Waals surface area contributed by atoms with Crippen molar-refractivity contribution >= 4 is 23.5 Å². The molecule has 2 rings (SSSR count). The van der Waals surface area contributed by atoms with Crippen molar-refractivity contribution < 1.29 is 19.4 Å². The highest BCUT2D eigenvalue weighted by atomic mass is 35.5. The van der Waals surface area contributed by atoms with Gasteiger partial charge in [0.15, 0.2) is 6.61 Å². The number of aromatic carboxylic acids is 1. The predicted molar refractivity (Wildman–Crippen MR) is 78.9 cm³/mol. The number of piperidine rings is 1. The maximum Gasteiger partial charge on any atom is 0.339 e. The summed E-state index contributed by atoms with van der Waals surface area (Å²) in [6.07, 6.45) is 2.12. The molecule has 1 aromatic rings. The van der Waals surface area contributed by atoms with Gasteiger partial charge in [-0.3, -0.25) is 4.79 Å². The van der Waals surface area contributed by atoms with E-state index < -0.39 is 5.97 Å². The van der Waals surface area contributed by atoms with E-state index in [0.717, 1.165) is 25.9 Å². The summed E-state index contributed by atoms with van der Waals surface area (Å²) < 4.78 is 5.37. The molecule has 114 valence electrons. The van der Waals surface area contributed by atoms with Crippen LogP contribution in [0.25, 0.3) is 0 Å². The number of amides is 1. The number of halogens is 1. The Kier molecular flexibility index (Phi) is 5.07. The molecule has 5 nitrogen and oxygen atoms in total. The van der Waals surface area contributed by atoms with Gasteiger partial charge in [-0.15, -0.1) is 0 Å². The van der Waals surface area contributed by atoms with Crippen LogP contribution in [-0.2, 0) is 4.79 Å². The highest BCUT2D eigenvalue weighted by Crippen LogP contribution is 2.23. The van der Waals surface area contributed by atoms with Crippen LogP contribution >= 0.6 is 11.6 Å². The Bertz CT molecular complexity index is 546. The lowest BCUT2D eigenvalue weighted by molar-refractivity contribution is -0.135. The molecule has 1 saturated heterocycles. The van der Waals surface area contributed by atoms with Crippen LogP contribution in [-0.4, -0.2) is 41.6 Å². The maximum atomic E-state index is 12.1. The second-order valence-corrected chi connectivity index (χ2v) is 5.76. The van der Waals surface area contributed by atoms with Gasteiger partial charge in [-0.1, -0.05) is 18.5 Å². The standard InChI is InChI=1S/C15H18ClNO4/c1-10-3-2-6-17(8-10)14(18)9-21-13-5-4-11(16)7-12(13)15(19)20/h4-5,7,10H,2-3,6,8-9H2,1H3,(H,19,20)/t10-/m0/s1. The van der Waals surface area contributed by atoms with Crippen molar-refractivity contribution in [2.75, 3.05) is 19.7 Å². The molecule has 1 N–H and O–H groups in total. The zero-order valence-electron chi connectivity index (χ0n) is 11.8. The summed E-state index contributed by atoms with van der Waals surface area (Å²) in [7, 11) is 0. The van der Waals surface area contributed by atoms with E-state index in [1.54, 1.807) is 4.90 Å². The molecule has 0 aromatic heterocycles. The first-order chi connectivity index (χ1) is 9.97. The molecule has 1 aromatic carbocycles. The number of benzene rings is 1. The molecule has 1 heterocycles. The van der Waals surface area contributed by atoms with Crippen LogP contribution in [0.15, 0.2) is 18.2 Å². The van der Waals surface area contributed by atoms with Gasteiger partial charge in [0.1, 0.15) is 11.3 Å². The molecule has 6 heteroatoms. The van der Waals surface area contributed by atoms with Crippen LogP contribution < -0.4 is 4.74 Å². The number of nitrogens with zero attached hydrogens (tertiary/aromatic N) is 1. The van der Waals surface area contributed by atoms with E-state index in [1.165, 1.54) is 18.2 Å². The minimum Gasteiger partial charge on any atom is -0.483 e. The molecule has 0 radical (unpaired) electrons. The lowest BCUT2D eigenvalue weighted by atomic mass is 10.0. The molecule has 0 bridgehead atoms. The molecule has 0 unspecified atom stereocenters. The second kappa shape index (κ2) is 6.80. The van der Waals surface area contributed by atoms with Gasteiger partial charge in [0, 0.05) is 18.1 Å². The van der Waals surface area contributed by atoms with Crippen LogP contribution in [0.2, 0.25) is 5.02 Å². The van der Waals surface area contributed by atoms with Crippen LogP contribution in [0.3, 0.4) is 0 Å². The third kappa shape index (κ3) is 4.11. The lowest BCUT2D eigenvalue weighted by Crippen LogP contribution is -2.41.